The summed E-state index contributed by atoms with van der Waals surface area (Å²) in [5, 5.41) is 0. The molecular formula is C21H28O2. The summed E-state index contributed by atoms with van der Waals surface area (Å²) in [4.78, 5) is 0. The Morgan fingerprint density at radius 1 is 0.826 bits per heavy atom. The molecule has 0 aliphatic rings. The Bertz CT molecular complexity index is 581. The maximum Gasteiger partial charge on any atom is 0.245 e. The lowest BCUT2D eigenvalue weighted by Gasteiger charge is -2.31. The molecule has 0 saturated carbocycles. The van der Waals surface area contributed by atoms with Crippen LogP contribution in [0.1, 0.15) is 52.5 Å². The Labute approximate surface area is 140 Å². The van der Waals surface area contributed by atoms with Gasteiger partial charge in [0, 0.05) is 5.41 Å². The van der Waals surface area contributed by atoms with E-state index in [0.717, 1.165) is 17.9 Å². The van der Waals surface area contributed by atoms with Crippen molar-refractivity contribution in [3.63, 3.8) is 0 Å². The number of benzene rings is 2. The highest BCUT2D eigenvalue weighted by Crippen LogP contribution is 2.29. The van der Waals surface area contributed by atoms with Crippen LogP contribution in [0.2, 0.25) is 0 Å². The quantitative estimate of drug-likeness (QED) is 0.606. The van der Waals surface area contributed by atoms with Crippen molar-refractivity contribution in [1.82, 2.24) is 0 Å². The molecule has 0 aliphatic heterocycles. The molecule has 23 heavy (non-hydrogen) atoms. The molecule has 0 aliphatic carbocycles. The minimum atomic E-state index is -0.348. The van der Waals surface area contributed by atoms with Crippen LogP contribution in [0.3, 0.4) is 0 Å². The van der Waals surface area contributed by atoms with E-state index in [1.807, 2.05) is 42.5 Å². The minimum Gasteiger partial charge on any atom is -0.454 e. The predicted octanol–water partition coefficient (Wildman–Crippen LogP) is 6.03. The van der Waals surface area contributed by atoms with Gasteiger partial charge in [0.2, 0.25) is 6.29 Å². The van der Waals surface area contributed by atoms with Crippen molar-refractivity contribution >= 4 is 0 Å². The van der Waals surface area contributed by atoms with Gasteiger partial charge < -0.3 is 9.47 Å². The molecule has 2 heteroatoms. The highest BCUT2D eigenvalue weighted by Gasteiger charge is 2.28. The average Bonchev–Trinajstić information content (AvgIpc) is 2.54. The van der Waals surface area contributed by atoms with Gasteiger partial charge in [-0.15, -0.1) is 0 Å². The Morgan fingerprint density at radius 2 is 1.35 bits per heavy atom. The molecule has 2 atom stereocenters. The maximum atomic E-state index is 6.13. The Kier molecular flexibility index (Phi) is 5.70. The number of hydrogen-bond donors (Lipinski definition) is 0. The van der Waals surface area contributed by atoms with Crippen molar-refractivity contribution in [2.75, 3.05) is 0 Å². The summed E-state index contributed by atoms with van der Waals surface area (Å²) >= 11 is 0. The first-order valence-electron chi connectivity index (χ1n) is 8.38. The molecule has 0 N–H and O–H groups in total. The zero-order chi connectivity index (χ0) is 16.9. The molecule has 0 spiro atoms. The van der Waals surface area contributed by atoms with Crippen LogP contribution in [-0.2, 0) is 0 Å². The minimum absolute atomic E-state index is 0.134. The van der Waals surface area contributed by atoms with Gasteiger partial charge in [0.15, 0.2) is 0 Å². The van der Waals surface area contributed by atoms with Crippen molar-refractivity contribution in [2.45, 2.75) is 53.2 Å². The van der Waals surface area contributed by atoms with Crippen LogP contribution >= 0.6 is 0 Å². The van der Waals surface area contributed by atoms with Gasteiger partial charge in [0.1, 0.15) is 11.5 Å². The third kappa shape index (κ3) is 5.02. The summed E-state index contributed by atoms with van der Waals surface area (Å²) < 4.78 is 12.2. The first kappa shape index (κ1) is 17.4. The van der Waals surface area contributed by atoms with E-state index in [9.17, 15) is 0 Å². The number of rotatable bonds is 6. The molecule has 124 valence electrons. The third-order valence-corrected chi connectivity index (χ3v) is 4.00. The topological polar surface area (TPSA) is 18.5 Å². The zero-order valence-electron chi connectivity index (χ0n) is 14.9. The van der Waals surface area contributed by atoms with E-state index in [1.54, 1.807) is 0 Å². The van der Waals surface area contributed by atoms with E-state index in [4.69, 9.17) is 9.47 Å². The monoisotopic (exact) mass is 312 g/mol. The lowest BCUT2D eigenvalue weighted by atomic mass is 9.95. The van der Waals surface area contributed by atoms with E-state index in [1.165, 1.54) is 5.56 Å². The largest absolute Gasteiger partial charge is 0.454 e. The van der Waals surface area contributed by atoms with Crippen LogP contribution in [0.15, 0.2) is 54.6 Å². The summed E-state index contributed by atoms with van der Waals surface area (Å²) in [7, 11) is 0. The van der Waals surface area contributed by atoms with Gasteiger partial charge in [-0.05, 0) is 42.2 Å². The molecule has 2 aromatic rings. The average molecular weight is 312 g/mol. The van der Waals surface area contributed by atoms with E-state index >= 15 is 0 Å². The van der Waals surface area contributed by atoms with Gasteiger partial charge in [0.05, 0.1) is 0 Å². The zero-order valence-corrected chi connectivity index (χ0v) is 14.9. The van der Waals surface area contributed by atoms with Gasteiger partial charge in [-0.3, -0.25) is 0 Å². The number of hydrogen-bond acceptors (Lipinski definition) is 2. The van der Waals surface area contributed by atoms with E-state index < -0.39 is 0 Å². The molecule has 0 fully saturated rings. The van der Waals surface area contributed by atoms with Crippen LogP contribution in [-0.4, -0.2) is 6.29 Å². The Hall–Kier alpha value is -1.96. The van der Waals surface area contributed by atoms with Crippen molar-refractivity contribution in [1.29, 1.82) is 0 Å². The molecule has 0 saturated heterocycles. The van der Waals surface area contributed by atoms with Gasteiger partial charge in [-0.25, -0.2) is 0 Å². The lowest BCUT2D eigenvalue weighted by Crippen LogP contribution is -2.37. The molecule has 0 amide bonds. The van der Waals surface area contributed by atoms with Gasteiger partial charge in [-0.1, -0.05) is 65.0 Å². The summed E-state index contributed by atoms with van der Waals surface area (Å²) in [5.74, 6) is 2.24. The van der Waals surface area contributed by atoms with Crippen LogP contribution in [0.25, 0.3) is 0 Å². The lowest BCUT2D eigenvalue weighted by molar-refractivity contribution is -0.0727. The molecule has 0 bridgehead atoms. The molecule has 0 aromatic heterocycles. The molecule has 2 unspecified atom stereocenters. The van der Waals surface area contributed by atoms with Crippen molar-refractivity contribution in [2.24, 2.45) is 5.41 Å². The molecule has 0 heterocycles. The molecule has 2 nitrogen and oxygen atoms in total. The maximum absolute atomic E-state index is 6.13. The second-order valence-electron chi connectivity index (χ2n) is 7.13. The molecule has 2 aromatic carbocycles. The summed E-state index contributed by atoms with van der Waals surface area (Å²) in [5.41, 5.74) is 1.21. The fourth-order valence-electron chi connectivity index (χ4n) is 2.23. The fourth-order valence-corrected chi connectivity index (χ4v) is 2.23. The van der Waals surface area contributed by atoms with Gasteiger partial charge in [0.25, 0.3) is 0 Å². The van der Waals surface area contributed by atoms with Crippen molar-refractivity contribution < 1.29 is 9.47 Å². The van der Waals surface area contributed by atoms with Crippen LogP contribution < -0.4 is 9.47 Å². The van der Waals surface area contributed by atoms with Crippen LogP contribution in [0.4, 0.5) is 0 Å². The van der Waals surface area contributed by atoms with Crippen molar-refractivity contribution in [3.05, 3.63) is 60.2 Å². The molecule has 0 radical (unpaired) electrons. The summed E-state index contributed by atoms with van der Waals surface area (Å²) in [6, 6.07) is 18.2. The SMILES string of the molecule is CCC(C)c1ccc(OC(Oc2ccccc2)C(C)(C)C)cc1. The third-order valence-electron chi connectivity index (χ3n) is 4.00. The van der Waals surface area contributed by atoms with Gasteiger partial charge >= 0.3 is 0 Å². The standard InChI is InChI=1S/C21H28O2/c1-6-16(2)17-12-14-19(15-13-17)23-20(21(3,4)5)22-18-10-8-7-9-11-18/h7-16,20H,6H2,1-5H3. The fraction of sp³-hybridized carbons (Fsp3) is 0.429. The van der Waals surface area contributed by atoms with Crippen molar-refractivity contribution in [3.8, 4) is 11.5 Å². The first-order chi connectivity index (χ1) is 10.9. The smallest absolute Gasteiger partial charge is 0.245 e. The van der Waals surface area contributed by atoms with Crippen LogP contribution in [0, 0.1) is 5.41 Å². The Balaban J connectivity index is 2.12. The first-order valence-corrected chi connectivity index (χ1v) is 8.38. The van der Waals surface area contributed by atoms with Crippen LogP contribution in [0.5, 0.6) is 11.5 Å². The predicted molar refractivity (Wildman–Crippen MR) is 96.1 cm³/mol. The van der Waals surface area contributed by atoms with Gasteiger partial charge in [-0.2, -0.15) is 0 Å². The Morgan fingerprint density at radius 3 is 1.83 bits per heavy atom. The number of para-hydroxylation sites is 1. The van der Waals surface area contributed by atoms with E-state index in [0.29, 0.717) is 5.92 Å². The van der Waals surface area contributed by atoms with E-state index in [2.05, 4.69) is 46.8 Å². The summed E-state index contributed by atoms with van der Waals surface area (Å²) in [6.45, 7) is 10.8. The molecular weight excluding hydrogens is 284 g/mol. The number of ether oxygens (including phenoxy) is 2. The van der Waals surface area contributed by atoms with E-state index in [-0.39, 0.29) is 11.7 Å². The normalized spacial score (nSPS) is 14.1. The second-order valence-corrected chi connectivity index (χ2v) is 7.13. The highest BCUT2D eigenvalue weighted by molar-refractivity contribution is 5.29. The highest BCUT2D eigenvalue weighted by atomic mass is 16.7. The molecule has 2 rings (SSSR count). The summed E-state index contributed by atoms with van der Waals surface area (Å²) in [6.07, 6.45) is 0.793. The second kappa shape index (κ2) is 7.54.